The highest BCUT2D eigenvalue weighted by molar-refractivity contribution is 9.10. The minimum absolute atomic E-state index is 0.171. The van der Waals surface area contributed by atoms with E-state index in [2.05, 4.69) is 41.2 Å². The van der Waals surface area contributed by atoms with E-state index in [1.54, 1.807) is 11.3 Å². The van der Waals surface area contributed by atoms with Crippen molar-refractivity contribution in [1.29, 1.82) is 0 Å². The second kappa shape index (κ2) is 5.38. The summed E-state index contributed by atoms with van der Waals surface area (Å²) in [6.07, 6.45) is 2.27. The van der Waals surface area contributed by atoms with Crippen molar-refractivity contribution in [2.75, 3.05) is 0 Å². The lowest BCUT2D eigenvalue weighted by Crippen LogP contribution is -1.97. The zero-order valence-electron chi connectivity index (χ0n) is 7.89. The third kappa shape index (κ3) is 3.26. The highest BCUT2D eigenvalue weighted by Gasteiger charge is 2.15. The zero-order valence-corrected chi connectivity index (χ0v) is 11.0. The van der Waals surface area contributed by atoms with Gasteiger partial charge in [0, 0.05) is 9.35 Å². The van der Waals surface area contributed by atoms with Crippen LogP contribution in [-0.4, -0.2) is 0 Å². The Morgan fingerprint density at radius 3 is 2.77 bits per heavy atom. The highest BCUT2D eigenvalue weighted by Crippen LogP contribution is 2.37. The van der Waals surface area contributed by atoms with Crippen molar-refractivity contribution in [2.45, 2.75) is 32.1 Å². The monoisotopic (exact) mass is 280 g/mol. The van der Waals surface area contributed by atoms with Crippen molar-refractivity contribution >= 4 is 38.9 Å². The van der Waals surface area contributed by atoms with Crippen molar-refractivity contribution < 1.29 is 0 Å². The maximum Gasteiger partial charge on any atom is 0.0692 e. The molecule has 0 aromatic carbocycles. The molecule has 2 unspecified atom stereocenters. The van der Waals surface area contributed by atoms with Crippen LogP contribution in [0.1, 0.15) is 36.9 Å². The molecular formula is C10H14BrClS. The Bertz CT molecular complexity index is 259. The molecule has 0 amide bonds. The normalized spacial score (nSPS) is 15.7. The highest BCUT2D eigenvalue weighted by atomic mass is 79.9. The zero-order chi connectivity index (χ0) is 9.84. The molecule has 1 heterocycles. The Balaban J connectivity index is 2.58. The molecule has 13 heavy (non-hydrogen) atoms. The molecule has 0 nitrogen and oxygen atoms in total. The molecule has 2 atom stereocenters. The molecular weight excluding hydrogens is 268 g/mol. The first kappa shape index (κ1) is 11.5. The second-order valence-corrected chi connectivity index (χ2v) is 5.68. The van der Waals surface area contributed by atoms with E-state index in [-0.39, 0.29) is 5.38 Å². The molecule has 0 fully saturated rings. The van der Waals surface area contributed by atoms with Gasteiger partial charge in [0.15, 0.2) is 0 Å². The Labute approximate surface area is 97.4 Å². The fourth-order valence-corrected chi connectivity index (χ4v) is 3.50. The van der Waals surface area contributed by atoms with Gasteiger partial charge in [-0.05, 0) is 39.7 Å². The number of thiophene rings is 1. The predicted octanol–water partition coefficient (Wildman–Crippen LogP) is 5.23. The Kier molecular flexibility index (Phi) is 4.77. The van der Waals surface area contributed by atoms with Crippen molar-refractivity contribution in [1.82, 2.24) is 0 Å². The van der Waals surface area contributed by atoms with Crippen LogP contribution < -0.4 is 0 Å². The van der Waals surface area contributed by atoms with Gasteiger partial charge < -0.3 is 0 Å². The van der Waals surface area contributed by atoms with Gasteiger partial charge in [-0.3, -0.25) is 0 Å². The average Bonchev–Trinajstić information content (AvgIpc) is 2.51. The molecule has 0 aliphatic heterocycles. The number of hydrogen-bond acceptors (Lipinski definition) is 1. The molecule has 0 bridgehead atoms. The molecule has 0 aliphatic rings. The van der Waals surface area contributed by atoms with Gasteiger partial charge in [0.1, 0.15) is 0 Å². The number of hydrogen-bond donors (Lipinski definition) is 0. The van der Waals surface area contributed by atoms with E-state index in [0.29, 0.717) is 5.92 Å². The smallest absolute Gasteiger partial charge is 0.0692 e. The third-order valence-corrected chi connectivity index (χ3v) is 4.75. The summed E-state index contributed by atoms with van der Waals surface area (Å²) in [7, 11) is 0. The molecule has 3 heteroatoms. The molecule has 74 valence electrons. The first-order valence-corrected chi connectivity index (χ1v) is 6.63. The summed E-state index contributed by atoms with van der Waals surface area (Å²) in [5, 5.41) is 2.25. The van der Waals surface area contributed by atoms with Gasteiger partial charge in [0.25, 0.3) is 0 Å². The van der Waals surface area contributed by atoms with Gasteiger partial charge >= 0.3 is 0 Å². The van der Waals surface area contributed by atoms with Gasteiger partial charge in [-0.25, -0.2) is 0 Å². The number of rotatable bonds is 4. The molecule has 0 radical (unpaired) electrons. The minimum atomic E-state index is 0.171. The van der Waals surface area contributed by atoms with Gasteiger partial charge in [-0.15, -0.1) is 22.9 Å². The van der Waals surface area contributed by atoms with E-state index in [1.807, 2.05) is 0 Å². The molecule has 1 aromatic heterocycles. The molecule has 1 rings (SSSR count). The number of alkyl halides is 1. The van der Waals surface area contributed by atoms with Crippen molar-refractivity contribution in [3.63, 3.8) is 0 Å². The van der Waals surface area contributed by atoms with Crippen molar-refractivity contribution in [3.8, 4) is 0 Å². The summed E-state index contributed by atoms with van der Waals surface area (Å²) in [5.74, 6) is 0.705. The maximum absolute atomic E-state index is 6.31. The summed E-state index contributed by atoms with van der Waals surface area (Å²) in [6, 6.07) is 2.06. The molecule has 0 spiro atoms. The van der Waals surface area contributed by atoms with Crippen LogP contribution in [-0.2, 0) is 0 Å². The molecule has 0 N–H and O–H groups in total. The van der Waals surface area contributed by atoms with Crippen LogP contribution in [0.15, 0.2) is 15.9 Å². The average molecular weight is 282 g/mol. The Hall–Kier alpha value is 0.470. The fraction of sp³-hybridized carbons (Fsp3) is 0.600. The van der Waals surface area contributed by atoms with Crippen LogP contribution in [0.25, 0.3) is 0 Å². The molecule has 0 aliphatic carbocycles. The topological polar surface area (TPSA) is 0 Å². The summed E-state index contributed by atoms with van der Waals surface area (Å²) in [4.78, 5) is 1.27. The van der Waals surface area contributed by atoms with Gasteiger partial charge in [0.05, 0.1) is 5.38 Å². The van der Waals surface area contributed by atoms with E-state index in [9.17, 15) is 0 Å². The molecule has 0 saturated carbocycles. The second-order valence-electron chi connectivity index (χ2n) is 3.35. The van der Waals surface area contributed by atoms with Crippen LogP contribution in [0.2, 0.25) is 0 Å². The van der Waals surface area contributed by atoms with Crippen molar-refractivity contribution in [2.24, 2.45) is 5.92 Å². The summed E-state index contributed by atoms with van der Waals surface area (Å²) in [6.45, 7) is 4.45. The van der Waals surface area contributed by atoms with Crippen LogP contribution in [0, 0.1) is 5.92 Å². The first-order chi connectivity index (χ1) is 6.15. The van der Waals surface area contributed by atoms with E-state index in [4.69, 9.17) is 11.6 Å². The first-order valence-electron chi connectivity index (χ1n) is 4.52. The Morgan fingerprint density at radius 1 is 1.62 bits per heavy atom. The quantitative estimate of drug-likeness (QED) is 0.663. The van der Waals surface area contributed by atoms with E-state index >= 15 is 0 Å². The lowest BCUT2D eigenvalue weighted by Gasteiger charge is -2.12. The molecule has 1 aromatic rings. The van der Waals surface area contributed by atoms with E-state index in [1.165, 1.54) is 11.3 Å². The summed E-state index contributed by atoms with van der Waals surface area (Å²) in [5.41, 5.74) is 0. The SMILES string of the molecule is CCC(C)CC(Cl)c1sccc1Br. The Morgan fingerprint density at radius 2 is 2.31 bits per heavy atom. The third-order valence-electron chi connectivity index (χ3n) is 2.24. The summed E-state index contributed by atoms with van der Waals surface area (Å²) >= 11 is 11.5. The predicted molar refractivity (Wildman–Crippen MR) is 64.7 cm³/mol. The fourth-order valence-electron chi connectivity index (χ4n) is 1.16. The van der Waals surface area contributed by atoms with Crippen LogP contribution in [0.4, 0.5) is 0 Å². The van der Waals surface area contributed by atoms with Gasteiger partial charge in [0.2, 0.25) is 0 Å². The van der Waals surface area contributed by atoms with E-state index in [0.717, 1.165) is 10.9 Å². The largest absolute Gasteiger partial charge is 0.146 e. The number of halogens is 2. The van der Waals surface area contributed by atoms with Crippen LogP contribution >= 0.6 is 38.9 Å². The minimum Gasteiger partial charge on any atom is -0.146 e. The van der Waals surface area contributed by atoms with Crippen LogP contribution in [0.3, 0.4) is 0 Å². The molecule has 0 saturated heterocycles. The van der Waals surface area contributed by atoms with Crippen molar-refractivity contribution in [3.05, 3.63) is 20.8 Å². The lowest BCUT2D eigenvalue weighted by atomic mass is 10.0. The lowest BCUT2D eigenvalue weighted by molar-refractivity contribution is 0.510. The standard InChI is InChI=1S/C10H14BrClS/c1-3-7(2)6-9(12)10-8(11)4-5-13-10/h4-5,7,9H,3,6H2,1-2H3. The van der Waals surface area contributed by atoms with Gasteiger partial charge in [-0.1, -0.05) is 20.3 Å². The van der Waals surface area contributed by atoms with Gasteiger partial charge in [-0.2, -0.15) is 0 Å². The maximum atomic E-state index is 6.31. The van der Waals surface area contributed by atoms with E-state index < -0.39 is 0 Å². The summed E-state index contributed by atoms with van der Waals surface area (Å²) < 4.78 is 1.15. The van der Waals surface area contributed by atoms with Crippen LogP contribution in [0.5, 0.6) is 0 Å².